The number of ether oxygens (including phenoxy) is 2. The van der Waals surface area contributed by atoms with E-state index in [2.05, 4.69) is 10.3 Å². The molecule has 2 aliphatic rings. The molecule has 1 saturated carbocycles. The maximum atomic E-state index is 12.7. The Morgan fingerprint density at radius 1 is 1.21 bits per heavy atom. The van der Waals surface area contributed by atoms with Gasteiger partial charge in [-0.15, -0.1) is 0 Å². The summed E-state index contributed by atoms with van der Waals surface area (Å²) in [7, 11) is 0. The van der Waals surface area contributed by atoms with Crippen molar-refractivity contribution in [3.8, 4) is 5.88 Å². The van der Waals surface area contributed by atoms with Gasteiger partial charge in [0.25, 0.3) is 0 Å². The minimum Gasteiger partial charge on any atom is -0.474 e. The summed E-state index contributed by atoms with van der Waals surface area (Å²) in [5.41, 5.74) is 0.271. The average Bonchev–Trinajstić information content (AvgIpc) is 3.31. The van der Waals surface area contributed by atoms with E-state index < -0.39 is 17.7 Å². The van der Waals surface area contributed by atoms with Gasteiger partial charge in [-0.1, -0.05) is 6.07 Å². The Labute approximate surface area is 166 Å². The molecule has 7 heteroatoms. The van der Waals surface area contributed by atoms with Gasteiger partial charge in [0.05, 0.1) is 0 Å². The van der Waals surface area contributed by atoms with Crippen LogP contribution >= 0.6 is 0 Å². The number of likely N-dealkylation sites (tertiary alicyclic amines) is 1. The Morgan fingerprint density at radius 2 is 1.96 bits per heavy atom. The van der Waals surface area contributed by atoms with Crippen LogP contribution < -0.4 is 10.1 Å². The monoisotopic (exact) mass is 389 g/mol. The SMILES string of the molecule is CC(C)(C)OC(=O)N1CCCC1C(=O)NCc1cccnc1OC1CCCC1. The van der Waals surface area contributed by atoms with E-state index in [9.17, 15) is 9.59 Å². The molecule has 1 N–H and O–H groups in total. The van der Waals surface area contributed by atoms with Gasteiger partial charge in [0.1, 0.15) is 17.7 Å². The predicted octanol–water partition coefficient (Wildman–Crippen LogP) is 3.42. The molecule has 1 aliphatic heterocycles. The fourth-order valence-corrected chi connectivity index (χ4v) is 3.71. The minimum atomic E-state index is -0.580. The maximum absolute atomic E-state index is 12.7. The molecule has 7 nitrogen and oxygen atoms in total. The molecule has 1 aromatic heterocycles. The van der Waals surface area contributed by atoms with Gasteiger partial charge in [-0.05, 0) is 65.4 Å². The molecule has 1 aliphatic carbocycles. The van der Waals surface area contributed by atoms with Crippen molar-refractivity contribution in [2.24, 2.45) is 0 Å². The van der Waals surface area contributed by atoms with Crippen LogP contribution in [0.2, 0.25) is 0 Å². The number of carbonyl (C=O) groups excluding carboxylic acids is 2. The molecule has 2 amide bonds. The first-order valence-electron chi connectivity index (χ1n) is 10.2. The molecular formula is C21H31N3O4. The molecule has 1 saturated heterocycles. The molecule has 0 bridgehead atoms. The van der Waals surface area contributed by atoms with Gasteiger partial charge in [0, 0.05) is 24.8 Å². The van der Waals surface area contributed by atoms with Crippen LogP contribution in [0.4, 0.5) is 4.79 Å². The summed E-state index contributed by atoms with van der Waals surface area (Å²) >= 11 is 0. The van der Waals surface area contributed by atoms with Crippen molar-refractivity contribution in [3.63, 3.8) is 0 Å². The molecule has 0 aromatic carbocycles. The van der Waals surface area contributed by atoms with Crippen LogP contribution in [-0.2, 0) is 16.1 Å². The summed E-state index contributed by atoms with van der Waals surface area (Å²) in [6.07, 6.45) is 7.39. The van der Waals surface area contributed by atoms with Gasteiger partial charge in [0.2, 0.25) is 11.8 Å². The van der Waals surface area contributed by atoms with Gasteiger partial charge < -0.3 is 14.8 Å². The second kappa shape index (κ2) is 8.80. The lowest BCUT2D eigenvalue weighted by Gasteiger charge is -2.28. The number of amides is 2. The fourth-order valence-electron chi connectivity index (χ4n) is 3.71. The number of hydrogen-bond donors (Lipinski definition) is 1. The maximum Gasteiger partial charge on any atom is 0.410 e. The van der Waals surface area contributed by atoms with Crippen molar-refractivity contribution in [3.05, 3.63) is 23.9 Å². The zero-order valence-corrected chi connectivity index (χ0v) is 17.1. The summed E-state index contributed by atoms with van der Waals surface area (Å²) in [5.74, 6) is 0.421. The van der Waals surface area contributed by atoms with E-state index in [1.54, 1.807) is 6.20 Å². The van der Waals surface area contributed by atoms with E-state index in [0.29, 0.717) is 25.4 Å². The van der Waals surface area contributed by atoms with E-state index in [1.807, 2.05) is 32.9 Å². The number of aromatic nitrogens is 1. The van der Waals surface area contributed by atoms with Crippen molar-refractivity contribution in [2.45, 2.75) is 83.6 Å². The van der Waals surface area contributed by atoms with Crippen molar-refractivity contribution in [1.29, 1.82) is 0 Å². The lowest BCUT2D eigenvalue weighted by atomic mass is 10.2. The van der Waals surface area contributed by atoms with Crippen LogP contribution in [0.1, 0.15) is 64.9 Å². The summed E-state index contributed by atoms with van der Waals surface area (Å²) < 4.78 is 11.5. The summed E-state index contributed by atoms with van der Waals surface area (Å²) in [5, 5.41) is 2.95. The molecule has 28 heavy (non-hydrogen) atoms. The first-order valence-corrected chi connectivity index (χ1v) is 10.2. The number of pyridine rings is 1. The molecule has 0 spiro atoms. The lowest BCUT2D eigenvalue weighted by Crippen LogP contribution is -2.47. The number of nitrogens with one attached hydrogen (secondary N) is 1. The molecular weight excluding hydrogens is 358 g/mol. The third-order valence-corrected chi connectivity index (χ3v) is 5.07. The molecule has 1 aromatic rings. The van der Waals surface area contributed by atoms with Gasteiger partial charge >= 0.3 is 6.09 Å². The first-order chi connectivity index (χ1) is 13.3. The second-order valence-corrected chi connectivity index (χ2v) is 8.54. The van der Waals surface area contributed by atoms with Crippen LogP contribution in [-0.4, -0.2) is 46.2 Å². The molecule has 0 radical (unpaired) electrons. The van der Waals surface area contributed by atoms with Crippen molar-refractivity contribution in [1.82, 2.24) is 15.2 Å². The van der Waals surface area contributed by atoms with Crippen LogP contribution in [0.5, 0.6) is 5.88 Å². The quantitative estimate of drug-likeness (QED) is 0.835. The second-order valence-electron chi connectivity index (χ2n) is 8.54. The van der Waals surface area contributed by atoms with E-state index in [4.69, 9.17) is 9.47 Å². The van der Waals surface area contributed by atoms with Crippen molar-refractivity contribution >= 4 is 12.0 Å². The zero-order chi connectivity index (χ0) is 20.1. The number of hydrogen-bond acceptors (Lipinski definition) is 5. The van der Waals surface area contributed by atoms with E-state index in [-0.39, 0.29) is 12.0 Å². The van der Waals surface area contributed by atoms with E-state index in [1.165, 1.54) is 17.7 Å². The molecule has 2 fully saturated rings. The van der Waals surface area contributed by atoms with Crippen LogP contribution in [0, 0.1) is 0 Å². The average molecular weight is 389 g/mol. The minimum absolute atomic E-state index is 0.168. The normalized spacial score (nSPS) is 20.2. The molecule has 1 unspecified atom stereocenters. The lowest BCUT2D eigenvalue weighted by molar-refractivity contribution is -0.125. The van der Waals surface area contributed by atoms with Gasteiger partial charge in [-0.2, -0.15) is 0 Å². The van der Waals surface area contributed by atoms with E-state index in [0.717, 1.165) is 24.8 Å². The fraction of sp³-hybridized carbons (Fsp3) is 0.667. The molecule has 154 valence electrons. The third-order valence-electron chi connectivity index (χ3n) is 5.07. The Bertz CT molecular complexity index is 695. The zero-order valence-electron chi connectivity index (χ0n) is 17.1. The Balaban J connectivity index is 1.58. The highest BCUT2D eigenvalue weighted by Crippen LogP contribution is 2.25. The highest BCUT2D eigenvalue weighted by molar-refractivity contribution is 5.86. The van der Waals surface area contributed by atoms with Gasteiger partial charge in [-0.25, -0.2) is 9.78 Å². The Hall–Kier alpha value is -2.31. The van der Waals surface area contributed by atoms with Gasteiger partial charge in [0.15, 0.2) is 0 Å². The highest BCUT2D eigenvalue weighted by atomic mass is 16.6. The first kappa shape index (κ1) is 20.4. The topological polar surface area (TPSA) is 80.8 Å². The number of carbonyl (C=O) groups is 2. The van der Waals surface area contributed by atoms with Crippen LogP contribution in [0.3, 0.4) is 0 Å². The third kappa shape index (κ3) is 5.36. The number of rotatable bonds is 5. The molecule has 1 atom stereocenters. The van der Waals surface area contributed by atoms with Crippen molar-refractivity contribution in [2.75, 3.05) is 6.54 Å². The summed E-state index contributed by atoms with van der Waals surface area (Å²) in [6, 6.07) is 3.26. The predicted molar refractivity (Wildman–Crippen MR) is 105 cm³/mol. The van der Waals surface area contributed by atoms with Gasteiger partial charge in [-0.3, -0.25) is 9.69 Å². The number of nitrogens with zero attached hydrogens (tertiary/aromatic N) is 2. The molecule has 2 heterocycles. The van der Waals surface area contributed by atoms with Crippen LogP contribution in [0.25, 0.3) is 0 Å². The van der Waals surface area contributed by atoms with Crippen LogP contribution in [0.15, 0.2) is 18.3 Å². The Morgan fingerprint density at radius 3 is 2.68 bits per heavy atom. The summed E-state index contributed by atoms with van der Waals surface area (Å²) in [6.45, 7) is 6.34. The highest BCUT2D eigenvalue weighted by Gasteiger charge is 2.36. The Kier molecular flexibility index (Phi) is 6.42. The van der Waals surface area contributed by atoms with E-state index >= 15 is 0 Å². The van der Waals surface area contributed by atoms with Crippen molar-refractivity contribution < 1.29 is 19.1 Å². The largest absolute Gasteiger partial charge is 0.474 e. The smallest absolute Gasteiger partial charge is 0.410 e. The standard InChI is InChI=1S/C21H31N3O4/c1-21(2,3)28-20(26)24-13-7-11-17(24)18(25)23-14-15-8-6-12-22-19(15)27-16-9-4-5-10-16/h6,8,12,16-17H,4-5,7,9-11,13-14H2,1-3H3,(H,23,25). The summed E-state index contributed by atoms with van der Waals surface area (Å²) in [4.78, 5) is 31.0. The molecule has 3 rings (SSSR count).